The van der Waals surface area contributed by atoms with Gasteiger partial charge in [0, 0.05) is 18.2 Å². The number of nitrogens with zero attached hydrogens (tertiary/aromatic N) is 1. The van der Waals surface area contributed by atoms with Crippen LogP contribution in [0.2, 0.25) is 0 Å². The number of aromatic nitrogens is 1. The molecule has 11 heteroatoms. The fourth-order valence-corrected chi connectivity index (χ4v) is 3.59. The minimum absolute atomic E-state index is 0. The van der Waals surface area contributed by atoms with Crippen molar-refractivity contribution in [2.75, 3.05) is 13.2 Å². The van der Waals surface area contributed by atoms with E-state index in [0.29, 0.717) is 6.42 Å². The highest BCUT2D eigenvalue weighted by atomic mass is 35.5. The van der Waals surface area contributed by atoms with Crippen LogP contribution < -0.4 is 15.2 Å². The second-order valence-electron chi connectivity index (χ2n) is 6.20. The van der Waals surface area contributed by atoms with Gasteiger partial charge >= 0.3 is 6.18 Å². The number of ether oxygens (including phenoxy) is 1. The Morgan fingerprint density at radius 2 is 1.92 bits per heavy atom. The van der Waals surface area contributed by atoms with E-state index in [2.05, 4.69) is 14.4 Å². The van der Waals surface area contributed by atoms with Crippen molar-refractivity contribution in [1.82, 2.24) is 9.71 Å². The molecule has 0 radical (unpaired) electrons. The molecule has 0 aliphatic rings. The topological polar surface area (TPSA) is 94.3 Å². The minimum atomic E-state index is -4.49. The molecule has 3 N–H and O–H groups in total. The van der Waals surface area contributed by atoms with E-state index < -0.39 is 28.3 Å². The van der Waals surface area contributed by atoms with Gasteiger partial charge in [-0.15, -0.1) is 12.4 Å². The molecule has 1 heterocycles. The van der Waals surface area contributed by atoms with E-state index in [0.717, 1.165) is 18.3 Å². The number of pyridine rings is 1. The molecule has 1 atom stereocenters. The molecule has 1 unspecified atom stereocenters. The standard InChI is InChI=1S/C14H22F3N3O3S.ClH/c1-10(2)6-13(3,8-18)20-24(21,22)11-4-5-12(19-7-11)23-9-14(15,16)17;/h4-5,7,10,20H,6,8-9,18H2,1-3H3;1H. The van der Waals surface area contributed by atoms with Gasteiger partial charge in [-0.1, -0.05) is 13.8 Å². The highest BCUT2D eigenvalue weighted by Crippen LogP contribution is 2.21. The van der Waals surface area contributed by atoms with E-state index in [1.54, 1.807) is 6.92 Å². The lowest BCUT2D eigenvalue weighted by molar-refractivity contribution is -0.154. The predicted octanol–water partition coefficient (Wildman–Crippen LogP) is 2.49. The Labute approximate surface area is 151 Å². The Hall–Kier alpha value is -1.10. The normalized spacial score (nSPS) is 14.7. The third kappa shape index (κ3) is 8.21. The van der Waals surface area contributed by atoms with Crippen LogP contribution >= 0.6 is 12.4 Å². The van der Waals surface area contributed by atoms with Gasteiger partial charge < -0.3 is 10.5 Å². The number of alkyl halides is 3. The molecular weight excluding hydrogens is 383 g/mol. The summed E-state index contributed by atoms with van der Waals surface area (Å²) in [6.07, 6.45) is -3.02. The van der Waals surface area contributed by atoms with Gasteiger partial charge in [0.2, 0.25) is 15.9 Å². The maximum Gasteiger partial charge on any atom is 0.422 e. The average molecular weight is 406 g/mol. The molecule has 1 rings (SSSR count). The third-order valence-corrected chi connectivity index (χ3v) is 4.72. The number of nitrogens with two attached hydrogens (primary N) is 1. The van der Waals surface area contributed by atoms with E-state index >= 15 is 0 Å². The molecule has 0 aromatic carbocycles. The lowest BCUT2D eigenvalue weighted by Gasteiger charge is -2.30. The SMILES string of the molecule is CC(C)CC(C)(CN)NS(=O)(=O)c1ccc(OCC(F)(F)F)nc1.Cl. The Morgan fingerprint density at radius 3 is 2.32 bits per heavy atom. The first-order valence-corrected chi connectivity index (χ1v) is 8.75. The van der Waals surface area contributed by atoms with Crippen molar-refractivity contribution in [3.8, 4) is 5.88 Å². The molecule has 0 amide bonds. The number of halogens is 4. The Morgan fingerprint density at radius 1 is 1.32 bits per heavy atom. The molecule has 0 aliphatic heterocycles. The van der Waals surface area contributed by atoms with Gasteiger partial charge in [-0.3, -0.25) is 0 Å². The Balaban J connectivity index is 0.00000576. The quantitative estimate of drug-likeness (QED) is 0.693. The molecule has 0 spiro atoms. The highest BCUT2D eigenvalue weighted by molar-refractivity contribution is 7.89. The van der Waals surface area contributed by atoms with Crippen LogP contribution in [0.15, 0.2) is 23.2 Å². The lowest BCUT2D eigenvalue weighted by Crippen LogP contribution is -2.51. The molecule has 1 aromatic rings. The maximum absolute atomic E-state index is 12.4. The fourth-order valence-electron chi connectivity index (χ4n) is 2.22. The van der Waals surface area contributed by atoms with Gasteiger partial charge in [0.15, 0.2) is 6.61 Å². The Bertz CT molecular complexity index is 639. The lowest BCUT2D eigenvalue weighted by atomic mass is 9.92. The van der Waals surface area contributed by atoms with Crippen LogP contribution in [0.5, 0.6) is 5.88 Å². The molecule has 0 saturated carbocycles. The molecule has 0 bridgehead atoms. The van der Waals surface area contributed by atoms with Crippen molar-refractivity contribution in [3.63, 3.8) is 0 Å². The first-order chi connectivity index (χ1) is 10.9. The summed E-state index contributed by atoms with van der Waals surface area (Å²) in [5.41, 5.74) is 4.84. The summed E-state index contributed by atoms with van der Waals surface area (Å²) in [5, 5.41) is 0. The van der Waals surface area contributed by atoms with Crippen molar-refractivity contribution < 1.29 is 26.3 Å². The van der Waals surface area contributed by atoms with Gasteiger partial charge in [0.25, 0.3) is 0 Å². The first kappa shape index (κ1) is 23.9. The zero-order valence-electron chi connectivity index (χ0n) is 14.1. The predicted molar refractivity (Wildman–Crippen MR) is 90.3 cm³/mol. The molecule has 0 saturated heterocycles. The van der Waals surface area contributed by atoms with Crippen molar-refractivity contribution in [2.45, 2.75) is 43.8 Å². The highest BCUT2D eigenvalue weighted by Gasteiger charge is 2.31. The number of hydrogen-bond donors (Lipinski definition) is 2. The molecule has 6 nitrogen and oxygen atoms in total. The van der Waals surface area contributed by atoms with Gasteiger partial charge in [-0.25, -0.2) is 18.1 Å². The number of rotatable bonds is 8. The third-order valence-electron chi connectivity index (χ3n) is 3.09. The molecular formula is C14H23ClF3N3O3S. The summed E-state index contributed by atoms with van der Waals surface area (Å²) in [5.74, 6) is -0.0902. The molecule has 1 aromatic heterocycles. The monoisotopic (exact) mass is 405 g/mol. The largest absolute Gasteiger partial charge is 0.468 e. The van der Waals surface area contributed by atoms with Crippen molar-refractivity contribution in [3.05, 3.63) is 18.3 Å². The molecule has 146 valence electrons. The minimum Gasteiger partial charge on any atom is -0.468 e. The van der Waals surface area contributed by atoms with Crippen molar-refractivity contribution in [2.24, 2.45) is 11.7 Å². The molecule has 25 heavy (non-hydrogen) atoms. The van der Waals surface area contributed by atoms with Gasteiger partial charge in [-0.2, -0.15) is 13.2 Å². The maximum atomic E-state index is 12.4. The summed E-state index contributed by atoms with van der Waals surface area (Å²) >= 11 is 0. The molecule has 0 aliphatic carbocycles. The first-order valence-electron chi connectivity index (χ1n) is 7.26. The van der Waals surface area contributed by atoms with Crippen LogP contribution in [0.4, 0.5) is 13.2 Å². The summed E-state index contributed by atoms with van der Waals surface area (Å²) in [6.45, 7) is 4.18. The van der Waals surface area contributed by atoms with Crippen LogP contribution in [0.25, 0.3) is 0 Å². The van der Waals surface area contributed by atoms with E-state index in [1.165, 1.54) is 0 Å². The second-order valence-corrected chi connectivity index (χ2v) is 7.89. The Kier molecular flexibility index (Phi) is 8.62. The van der Waals surface area contributed by atoms with Crippen molar-refractivity contribution in [1.29, 1.82) is 0 Å². The van der Waals surface area contributed by atoms with E-state index in [4.69, 9.17) is 5.73 Å². The zero-order valence-corrected chi connectivity index (χ0v) is 15.8. The van der Waals surface area contributed by atoms with E-state index in [1.807, 2.05) is 13.8 Å². The van der Waals surface area contributed by atoms with Crippen LogP contribution in [0, 0.1) is 5.92 Å². The summed E-state index contributed by atoms with van der Waals surface area (Å²) in [4.78, 5) is 3.42. The summed E-state index contributed by atoms with van der Waals surface area (Å²) in [7, 11) is -3.91. The van der Waals surface area contributed by atoms with Gasteiger partial charge in [0.05, 0.1) is 6.20 Å². The van der Waals surface area contributed by atoms with Crippen LogP contribution in [-0.2, 0) is 10.0 Å². The van der Waals surface area contributed by atoms with Crippen molar-refractivity contribution >= 4 is 22.4 Å². The van der Waals surface area contributed by atoms with E-state index in [9.17, 15) is 21.6 Å². The average Bonchev–Trinajstić information content (AvgIpc) is 2.43. The molecule has 0 fully saturated rings. The zero-order chi connectivity index (χ0) is 18.6. The summed E-state index contributed by atoms with van der Waals surface area (Å²) in [6, 6.07) is 2.20. The number of hydrogen-bond acceptors (Lipinski definition) is 5. The smallest absolute Gasteiger partial charge is 0.422 e. The van der Waals surface area contributed by atoms with Gasteiger partial charge in [0.1, 0.15) is 4.90 Å². The van der Waals surface area contributed by atoms with E-state index in [-0.39, 0.29) is 35.6 Å². The van der Waals surface area contributed by atoms with Crippen LogP contribution in [0.3, 0.4) is 0 Å². The second kappa shape index (κ2) is 9.02. The van der Waals surface area contributed by atoms with Crippen LogP contribution in [-0.4, -0.2) is 38.3 Å². The fraction of sp³-hybridized carbons (Fsp3) is 0.643. The van der Waals surface area contributed by atoms with Gasteiger partial charge in [-0.05, 0) is 25.3 Å². The summed E-state index contributed by atoms with van der Waals surface area (Å²) < 4.78 is 68.0. The number of nitrogens with one attached hydrogen (secondary N) is 1. The number of sulfonamides is 1. The van der Waals surface area contributed by atoms with Crippen LogP contribution in [0.1, 0.15) is 27.2 Å².